The first-order chi connectivity index (χ1) is 15.4. The van der Waals surface area contributed by atoms with Crippen molar-refractivity contribution in [3.63, 3.8) is 0 Å². The zero-order valence-electron chi connectivity index (χ0n) is 18.3. The number of halogens is 1. The normalized spacial score (nSPS) is 16.7. The van der Waals surface area contributed by atoms with E-state index in [0.29, 0.717) is 21.1 Å². The average Bonchev–Trinajstić information content (AvgIpc) is 3.19. The van der Waals surface area contributed by atoms with Gasteiger partial charge in [0.25, 0.3) is 5.56 Å². The molecule has 0 radical (unpaired) electrons. The highest BCUT2D eigenvalue weighted by molar-refractivity contribution is 7.99. The van der Waals surface area contributed by atoms with Gasteiger partial charge in [0.1, 0.15) is 0 Å². The molecule has 32 heavy (non-hydrogen) atoms. The smallest absolute Gasteiger partial charge is 0.262 e. The molecule has 1 N–H and O–H groups in total. The van der Waals surface area contributed by atoms with Crippen molar-refractivity contribution in [3.8, 4) is 0 Å². The van der Waals surface area contributed by atoms with Gasteiger partial charge in [0, 0.05) is 36.7 Å². The van der Waals surface area contributed by atoms with Crippen LogP contribution < -0.4 is 10.9 Å². The second-order valence-electron chi connectivity index (χ2n) is 8.39. The molecule has 1 fully saturated rings. The molecule has 1 amide bonds. The van der Waals surface area contributed by atoms with E-state index in [1.165, 1.54) is 17.3 Å². The van der Waals surface area contributed by atoms with Crippen LogP contribution in [0.4, 0.5) is 0 Å². The molecule has 1 saturated heterocycles. The number of amides is 1. The number of likely N-dealkylation sites (tertiary alicyclic amines) is 1. The van der Waals surface area contributed by atoms with Crippen molar-refractivity contribution in [2.45, 2.75) is 44.1 Å². The van der Waals surface area contributed by atoms with Gasteiger partial charge in [0.15, 0.2) is 5.16 Å². The number of fused-ring (bicyclic) bond motifs is 1. The number of nitrogens with zero attached hydrogens (tertiary/aromatic N) is 3. The maximum absolute atomic E-state index is 13.0. The third-order valence-electron chi connectivity index (χ3n) is 5.57. The molecule has 1 atom stereocenters. The second-order valence-corrected chi connectivity index (χ2v) is 9.77. The molecule has 0 spiro atoms. The molecule has 0 saturated carbocycles. The van der Waals surface area contributed by atoms with Gasteiger partial charge in [-0.15, -0.1) is 0 Å². The van der Waals surface area contributed by atoms with Crippen LogP contribution in [-0.2, 0) is 11.3 Å². The molecule has 2 heterocycles. The van der Waals surface area contributed by atoms with Crippen LogP contribution in [0.15, 0.2) is 58.5 Å². The standard InChI is InChI=1S/C24H27ClN4O2S/c1-16(2)29-23(31)20-9-8-18(25)12-21(20)27-24(29)32-15-22(30)26-19-10-11-28(14-19)13-17-6-4-3-5-7-17/h3-9,12,16,19H,10-11,13-15H2,1-2H3,(H,26,30)/t19-/m0/s1. The number of carbonyl (C=O) groups is 1. The van der Waals surface area contributed by atoms with Gasteiger partial charge in [-0.2, -0.15) is 0 Å². The van der Waals surface area contributed by atoms with Crippen molar-refractivity contribution in [3.05, 3.63) is 69.5 Å². The van der Waals surface area contributed by atoms with E-state index in [1.54, 1.807) is 22.8 Å². The number of benzene rings is 2. The van der Waals surface area contributed by atoms with Crippen molar-refractivity contribution in [1.82, 2.24) is 19.8 Å². The highest BCUT2D eigenvalue weighted by atomic mass is 35.5. The van der Waals surface area contributed by atoms with Crippen LogP contribution in [0.1, 0.15) is 31.9 Å². The zero-order valence-corrected chi connectivity index (χ0v) is 19.8. The Bertz CT molecular complexity index is 1170. The van der Waals surface area contributed by atoms with Crippen molar-refractivity contribution in [1.29, 1.82) is 0 Å². The summed E-state index contributed by atoms with van der Waals surface area (Å²) in [7, 11) is 0. The minimum absolute atomic E-state index is 0.0442. The van der Waals surface area contributed by atoms with Crippen molar-refractivity contribution < 1.29 is 4.79 Å². The fraction of sp³-hybridized carbons (Fsp3) is 0.375. The summed E-state index contributed by atoms with van der Waals surface area (Å²) in [5, 5.41) is 4.73. The monoisotopic (exact) mass is 470 g/mol. The number of nitrogens with one attached hydrogen (secondary N) is 1. The molecule has 1 aliphatic rings. The minimum Gasteiger partial charge on any atom is -0.351 e. The second kappa shape index (κ2) is 10.1. The molecule has 0 bridgehead atoms. The lowest BCUT2D eigenvalue weighted by molar-refractivity contribution is -0.119. The van der Waals surface area contributed by atoms with Gasteiger partial charge < -0.3 is 5.32 Å². The highest BCUT2D eigenvalue weighted by Crippen LogP contribution is 2.23. The fourth-order valence-corrected chi connectivity index (χ4v) is 5.15. The first-order valence-corrected chi connectivity index (χ1v) is 12.2. The molecule has 2 aromatic carbocycles. The van der Waals surface area contributed by atoms with Gasteiger partial charge >= 0.3 is 0 Å². The number of rotatable bonds is 7. The van der Waals surface area contributed by atoms with E-state index < -0.39 is 0 Å². The van der Waals surface area contributed by atoms with Crippen LogP contribution in [0, 0.1) is 0 Å². The number of carbonyl (C=O) groups excluding carboxylic acids is 1. The lowest BCUT2D eigenvalue weighted by atomic mass is 10.2. The maximum atomic E-state index is 13.0. The number of thioether (sulfide) groups is 1. The predicted octanol–water partition coefficient (Wildman–Crippen LogP) is 4.11. The molecule has 1 aliphatic heterocycles. The summed E-state index contributed by atoms with van der Waals surface area (Å²) in [5.41, 5.74) is 1.72. The third-order valence-corrected chi connectivity index (χ3v) is 6.75. The summed E-state index contributed by atoms with van der Waals surface area (Å²) < 4.78 is 1.64. The fourth-order valence-electron chi connectivity index (χ4n) is 4.04. The third kappa shape index (κ3) is 5.34. The van der Waals surface area contributed by atoms with E-state index in [0.717, 1.165) is 26.1 Å². The van der Waals surface area contributed by atoms with Gasteiger partial charge in [-0.3, -0.25) is 19.1 Å². The SMILES string of the molecule is CC(C)n1c(SCC(=O)N[C@H]2CCN(Cc3ccccc3)C2)nc2cc(Cl)ccc2c1=O. The first-order valence-electron chi connectivity index (χ1n) is 10.8. The summed E-state index contributed by atoms with van der Waals surface area (Å²) in [6.45, 7) is 6.58. The number of aromatic nitrogens is 2. The molecule has 8 heteroatoms. The average molecular weight is 471 g/mol. The molecule has 4 rings (SSSR count). The Morgan fingerprint density at radius 1 is 1.25 bits per heavy atom. The molecule has 0 unspecified atom stereocenters. The number of hydrogen-bond donors (Lipinski definition) is 1. The summed E-state index contributed by atoms with van der Waals surface area (Å²) >= 11 is 7.38. The van der Waals surface area contributed by atoms with Crippen molar-refractivity contribution >= 4 is 40.2 Å². The van der Waals surface area contributed by atoms with E-state index in [9.17, 15) is 9.59 Å². The summed E-state index contributed by atoms with van der Waals surface area (Å²) in [5.74, 6) is 0.165. The Morgan fingerprint density at radius 2 is 2.03 bits per heavy atom. The van der Waals surface area contributed by atoms with Gasteiger partial charge in [-0.05, 0) is 44.0 Å². The van der Waals surface area contributed by atoms with Gasteiger partial charge in [-0.25, -0.2) is 4.98 Å². The van der Waals surface area contributed by atoms with Crippen LogP contribution in [0.2, 0.25) is 5.02 Å². The summed E-state index contributed by atoms with van der Waals surface area (Å²) in [6, 6.07) is 15.5. The van der Waals surface area contributed by atoms with E-state index in [4.69, 9.17) is 11.6 Å². The van der Waals surface area contributed by atoms with E-state index in [2.05, 4.69) is 27.3 Å². The van der Waals surface area contributed by atoms with Crippen LogP contribution in [0.3, 0.4) is 0 Å². The summed E-state index contributed by atoms with van der Waals surface area (Å²) in [4.78, 5) is 32.6. The Balaban J connectivity index is 1.39. The lowest BCUT2D eigenvalue weighted by Gasteiger charge is -2.18. The molecule has 3 aromatic rings. The maximum Gasteiger partial charge on any atom is 0.262 e. The van der Waals surface area contributed by atoms with Gasteiger partial charge in [-0.1, -0.05) is 53.7 Å². The lowest BCUT2D eigenvalue weighted by Crippen LogP contribution is -2.38. The van der Waals surface area contributed by atoms with E-state index in [-0.39, 0.29) is 29.3 Å². The molecule has 1 aromatic heterocycles. The molecule has 168 valence electrons. The van der Waals surface area contributed by atoms with E-state index >= 15 is 0 Å². The van der Waals surface area contributed by atoms with Crippen LogP contribution in [0.5, 0.6) is 0 Å². The largest absolute Gasteiger partial charge is 0.351 e. The Hall–Kier alpha value is -2.35. The quantitative estimate of drug-likeness (QED) is 0.415. The highest BCUT2D eigenvalue weighted by Gasteiger charge is 2.24. The molecular formula is C24H27ClN4O2S. The topological polar surface area (TPSA) is 67.2 Å². The number of hydrogen-bond acceptors (Lipinski definition) is 5. The van der Waals surface area contributed by atoms with Crippen LogP contribution >= 0.6 is 23.4 Å². The van der Waals surface area contributed by atoms with Crippen molar-refractivity contribution in [2.75, 3.05) is 18.8 Å². The molecular weight excluding hydrogens is 444 g/mol. The predicted molar refractivity (Wildman–Crippen MR) is 130 cm³/mol. The Labute approximate surface area is 197 Å². The van der Waals surface area contributed by atoms with Crippen molar-refractivity contribution in [2.24, 2.45) is 0 Å². The Morgan fingerprint density at radius 3 is 2.78 bits per heavy atom. The van der Waals surface area contributed by atoms with Crippen LogP contribution in [-0.4, -0.2) is 45.2 Å². The zero-order chi connectivity index (χ0) is 22.7. The first kappa shape index (κ1) is 22.8. The summed E-state index contributed by atoms with van der Waals surface area (Å²) in [6.07, 6.45) is 0.937. The van der Waals surface area contributed by atoms with Gasteiger partial charge in [0.05, 0.1) is 16.7 Å². The van der Waals surface area contributed by atoms with Crippen LogP contribution in [0.25, 0.3) is 10.9 Å². The Kier molecular flexibility index (Phi) is 7.18. The van der Waals surface area contributed by atoms with Gasteiger partial charge in [0.2, 0.25) is 5.91 Å². The molecule has 6 nitrogen and oxygen atoms in total. The molecule has 0 aliphatic carbocycles. The minimum atomic E-state index is -0.114. The van der Waals surface area contributed by atoms with E-state index in [1.807, 2.05) is 32.0 Å².